The van der Waals surface area contributed by atoms with Crippen LogP contribution in [0.25, 0.3) is 0 Å². The molecule has 3 rings (SSSR count). The molecule has 0 N–H and O–H groups in total. The summed E-state index contributed by atoms with van der Waals surface area (Å²) in [4.78, 5) is 42.1. The van der Waals surface area contributed by atoms with Crippen LogP contribution < -0.4 is 14.4 Å². The third kappa shape index (κ3) is 3.65. The Balaban J connectivity index is 2.01. The van der Waals surface area contributed by atoms with Crippen molar-refractivity contribution in [2.24, 2.45) is 0 Å². The number of amides is 1. The lowest BCUT2D eigenvalue weighted by atomic mass is 9.96. The molecule has 0 unspecified atom stereocenters. The number of hydrogen-bond donors (Lipinski definition) is 0. The number of carbonyl (C=O) groups is 2. The lowest BCUT2D eigenvalue weighted by molar-refractivity contribution is -0.385. The fourth-order valence-corrected chi connectivity index (χ4v) is 3.62. The lowest BCUT2D eigenvalue weighted by Crippen LogP contribution is -2.50. The zero-order valence-electron chi connectivity index (χ0n) is 16.3. The summed E-state index contributed by atoms with van der Waals surface area (Å²) in [6, 6.07) is 1.17. The van der Waals surface area contributed by atoms with Gasteiger partial charge in [0.2, 0.25) is 5.91 Å². The van der Waals surface area contributed by atoms with Crippen molar-refractivity contribution < 1.29 is 24.0 Å². The van der Waals surface area contributed by atoms with E-state index in [2.05, 4.69) is 4.90 Å². The predicted molar refractivity (Wildman–Crippen MR) is 101 cm³/mol. The standard InChI is InChI=1S/C18H24N4O6/c1-19-6-8-20(9-7-19)11-15(24)21-5-4-13(23)16-12(22(25)26)10-14(27-2)18(28-3)17(16)21/h10H,4-9,11H2,1-3H3. The number of hydrogen-bond acceptors (Lipinski definition) is 8. The van der Waals surface area contributed by atoms with Crippen LogP contribution in [0.4, 0.5) is 11.4 Å². The van der Waals surface area contributed by atoms with Gasteiger partial charge in [-0.25, -0.2) is 0 Å². The van der Waals surface area contributed by atoms with Gasteiger partial charge in [-0.15, -0.1) is 0 Å². The summed E-state index contributed by atoms with van der Waals surface area (Å²) in [6.45, 7) is 3.58. The Morgan fingerprint density at radius 1 is 1.18 bits per heavy atom. The van der Waals surface area contributed by atoms with Crippen LogP contribution in [-0.4, -0.2) is 86.9 Å². The van der Waals surface area contributed by atoms with E-state index in [-0.39, 0.29) is 59.6 Å². The molecule has 1 fully saturated rings. The number of benzene rings is 1. The molecular formula is C18H24N4O6. The summed E-state index contributed by atoms with van der Waals surface area (Å²) in [5.41, 5.74) is -0.348. The molecule has 0 bridgehead atoms. The highest BCUT2D eigenvalue weighted by molar-refractivity contribution is 6.13. The van der Waals surface area contributed by atoms with Crippen molar-refractivity contribution in [1.82, 2.24) is 9.80 Å². The fraction of sp³-hybridized carbons (Fsp3) is 0.556. The minimum atomic E-state index is -0.632. The van der Waals surface area contributed by atoms with Crippen molar-refractivity contribution in [2.75, 3.05) is 65.4 Å². The molecule has 2 heterocycles. The summed E-state index contributed by atoms with van der Waals surface area (Å²) in [6.07, 6.45) is 0.0256. The molecule has 0 radical (unpaired) electrons. The van der Waals surface area contributed by atoms with Gasteiger partial charge < -0.3 is 19.3 Å². The Morgan fingerprint density at radius 2 is 1.86 bits per heavy atom. The van der Waals surface area contributed by atoms with E-state index in [1.807, 2.05) is 11.9 Å². The van der Waals surface area contributed by atoms with E-state index in [4.69, 9.17) is 9.47 Å². The van der Waals surface area contributed by atoms with Crippen LogP contribution in [0.3, 0.4) is 0 Å². The molecule has 152 valence electrons. The van der Waals surface area contributed by atoms with Gasteiger partial charge in [-0.1, -0.05) is 0 Å². The van der Waals surface area contributed by atoms with Crippen LogP contribution in [0.2, 0.25) is 0 Å². The van der Waals surface area contributed by atoms with Gasteiger partial charge >= 0.3 is 0 Å². The number of carbonyl (C=O) groups excluding carboxylic acids is 2. The van der Waals surface area contributed by atoms with Crippen LogP contribution in [0.15, 0.2) is 6.07 Å². The molecule has 1 aromatic carbocycles. The van der Waals surface area contributed by atoms with Crippen LogP contribution in [-0.2, 0) is 4.79 Å². The third-order valence-corrected chi connectivity index (χ3v) is 5.19. The van der Waals surface area contributed by atoms with Crippen molar-refractivity contribution in [1.29, 1.82) is 0 Å². The highest BCUT2D eigenvalue weighted by Crippen LogP contribution is 2.47. The molecule has 1 aromatic rings. The van der Waals surface area contributed by atoms with E-state index in [1.165, 1.54) is 25.2 Å². The van der Waals surface area contributed by atoms with Crippen LogP contribution in [0.1, 0.15) is 16.8 Å². The minimum Gasteiger partial charge on any atom is -0.493 e. The van der Waals surface area contributed by atoms with E-state index in [0.29, 0.717) is 0 Å². The van der Waals surface area contributed by atoms with Gasteiger partial charge in [-0.3, -0.25) is 24.6 Å². The molecule has 1 amide bonds. The molecule has 10 nitrogen and oxygen atoms in total. The smallest absolute Gasteiger partial charge is 0.286 e. The molecule has 1 saturated heterocycles. The highest BCUT2D eigenvalue weighted by Gasteiger charge is 2.39. The quantitative estimate of drug-likeness (QED) is 0.535. The van der Waals surface area contributed by atoms with Crippen molar-refractivity contribution in [3.8, 4) is 11.5 Å². The number of nitro groups is 1. The molecule has 0 saturated carbocycles. The number of methoxy groups -OCH3 is 2. The van der Waals surface area contributed by atoms with Gasteiger partial charge in [0.1, 0.15) is 11.3 Å². The van der Waals surface area contributed by atoms with Gasteiger partial charge in [-0.05, 0) is 7.05 Å². The highest BCUT2D eigenvalue weighted by atomic mass is 16.6. The monoisotopic (exact) mass is 392 g/mol. The maximum Gasteiger partial charge on any atom is 0.286 e. The number of piperazine rings is 1. The van der Waals surface area contributed by atoms with E-state index in [9.17, 15) is 19.7 Å². The number of rotatable bonds is 5. The molecule has 0 spiro atoms. The van der Waals surface area contributed by atoms with E-state index < -0.39 is 4.92 Å². The molecule has 2 aliphatic heterocycles. The normalized spacial score (nSPS) is 18.0. The van der Waals surface area contributed by atoms with Crippen molar-refractivity contribution in [2.45, 2.75) is 6.42 Å². The lowest BCUT2D eigenvalue weighted by Gasteiger charge is -2.35. The Kier molecular flexibility index (Phi) is 5.80. The summed E-state index contributed by atoms with van der Waals surface area (Å²) in [7, 11) is 4.77. The number of anilines is 1. The summed E-state index contributed by atoms with van der Waals surface area (Å²) >= 11 is 0. The number of ketones is 1. The van der Waals surface area contributed by atoms with Gasteiger partial charge in [0.25, 0.3) is 5.69 Å². The third-order valence-electron chi connectivity index (χ3n) is 5.19. The number of nitrogens with zero attached hydrogens (tertiary/aromatic N) is 4. The average molecular weight is 392 g/mol. The van der Waals surface area contributed by atoms with Crippen LogP contribution >= 0.6 is 0 Å². The van der Waals surface area contributed by atoms with E-state index >= 15 is 0 Å². The minimum absolute atomic E-state index is 0.0256. The first kappa shape index (κ1) is 20.0. The Morgan fingerprint density at radius 3 is 2.43 bits per heavy atom. The van der Waals surface area contributed by atoms with Gasteiger partial charge in [0.15, 0.2) is 17.3 Å². The number of fused-ring (bicyclic) bond motifs is 1. The first-order valence-corrected chi connectivity index (χ1v) is 9.05. The summed E-state index contributed by atoms with van der Waals surface area (Å²) < 4.78 is 10.6. The van der Waals surface area contributed by atoms with Gasteiger partial charge in [0.05, 0.1) is 31.8 Å². The predicted octanol–water partition coefficient (Wildman–Crippen LogP) is 0.779. The topological polar surface area (TPSA) is 105 Å². The summed E-state index contributed by atoms with van der Waals surface area (Å²) in [5, 5.41) is 11.6. The molecule has 10 heteroatoms. The molecule has 0 aliphatic carbocycles. The first-order valence-electron chi connectivity index (χ1n) is 9.05. The largest absolute Gasteiger partial charge is 0.493 e. The fourth-order valence-electron chi connectivity index (χ4n) is 3.62. The number of nitro benzene ring substituents is 1. The second kappa shape index (κ2) is 8.11. The van der Waals surface area contributed by atoms with Gasteiger partial charge in [-0.2, -0.15) is 0 Å². The van der Waals surface area contributed by atoms with E-state index in [0.717, 1.165) is 26.2 Å². The zero-order chi connectivity index (χ0) is 20.4. The van der Waals surface area contributed by atoms with E-state index in [1.54, 1.807) is 0 Å². The second-order valence-corrected chi connectivity index (χ2v) is 6.91. The summed E-state index contributed by atoms with van der Waals surface area (Å²) in [5.74, 6) is -0.339. The zero-order valence-corrected chi connectivity index (χ0v) is 16.3. The molecular weight excluding hydrogens is 368 g/mol. The van der Waals surface area contributed by atoms with Crippen LogP contribution in [0.5, 0.6) is 11.5 Å². The molecule has 2 aliphatic rings. The van der Waals surface area contributed by atoms with Crippen molar-refractivity contribution >= 4 is 23.1 Å². The molecule has 0 aromatic heterocycles. The molecule has 0 atom stereocenters. The number of ether oxygens (including phenoxy) is 2. The van der Waals surface area contributed by atoms with Gasteiger partial charge in [0, 0.05) is 39.1 Å². The first-order chi connectivity index (χ1) is 13.4. The van der Waals surface area contributed by atoms with Crippen LogP contribution in [0, 0.1) is 10.1 Å². The maximum atomic E-state index is 13.1. The Hall–Kier alpha value is -2.72. The van der Waals surface area contributed by atoms with Crippen molar-refractivity contribution in [3.63, 3.8) is 0 Å². The second-order valence-electron chi connectivity index (χ2n) is 6.91. The number of Topliss-reactive ketones (excluding diaryl/α,β-unsaturated/α-hetero) is 1. The Labute approximate surface area is 162 Å². The van der Waals surface area contributed by atoms with Crippen molar-refractivity contribution in [3.05, 3.63) is 21.7 Å². The molecule has 28 heavy (non-hydrogen) atoms. The maximum absolute atomic E-state index is 13.1. The number of likely N-dealkylation sites (N-methyl/N-ethyl adjacent to an activating group) is 1. The Bertz CT molecular complexity index is 804. The SMILES string of the molecule is COc1cc([N+](=O)[O-])c2c(c1OC)N(C(=O)CN1CCN(C)CC1)CCC2=O. The average Bonchev–Trinajstić information content (AvgIpc) is 2.68.